The minimum atomic E-state index is -7.57. The fourth-order valence-corrected chi connectivity index (χ4v) is 2.30. The lowest BCUT2D eigenvalue weighted by Gasteiger charge is -2.39. The summed E-state index contributed by atoms with van der Waals surface area (Å²) in [6, 6.07) is -3.02. The van der Waals surface area contributed by atoms with Crippen LogP contribution in [0.2, 0.25) is 0 Å². The van der Waals surface area contributed by atoms with Crippen LogP contribution in [0.3, 0.4) is 0 Å². The van der Waals surface area contributed by atoms with E-state index in [0.29, 0.717) is 0 Å². The fraction of sp³-hybridized carbons (Fsp3) is 0.786. The lowest BCUT2D eigenvalue weighted by atomic mass is 9.93. The Morgan fingerprint density at radius 2 is 1.43 bits per heavy atom. The number of allylic oxidation sites excluding steroid dienone is 1. The molecule has 0 bridgehead atoms. The van der Waals surface area contributed by atoms with Gasteiger partial charge in [0.2, 0.25) is 5.91 Å². The van der Waals surface area contributed by atoms with Gasteiger partial charge in [-0.3, -0.25) is 4.79 Å². The van der Waals surface area contributed by atoms with Crippen LogP contribution in [0.25, 0.3) is 0 Å². The van der Waals surface area contributed by atoms with Crippen LogP contribution in [-0.4, -0.2) is 59.4 Å². The van der Waals surface area contributed by atoms with Crippen molar-refractivity contribution >= 4 is 5.91 Å². The number of rotatable bonds is 8. The second-order valence-corrected chi connectivity index (χ2v) is 5.91. The van der Waals surface area contributed by atoms with Crippen molar-refractivity contribution in [1.29, 1.82) is 0 Å². The highest BCUT2D eigenvalue weighted by molar-refractivity contribution is 5.95. The van der Waals surface area contributed by atoms with Crippen LogP contribution < -0.4 is 0 Å². The highest BCUT2D eigenvalue weighted by Crippen LogP contribution is 2.60. The predicted octanol–water partition coefficient (Wildman–Crippen LogP) is 5.00. The lowest BCUT2D eigenvalue weighted by Crippen LogP contribution is -2.69. The quantitative estimate of drug-likeness (QED) is 0.296. The first-order valence-electron chi connectivity index (χ1n) is 7.49. The monoisotopic (exact) mass is 439 g/mol. The summed E-state index contributed by atoms with van der Waals surface area (Å²) in [7, 11) is 0. The van der Waals surface area contributed by atoms with Gasteiger partial charge in [-0.25, -0.2) is 8.78 Å². The van der Waals surface area contributed by atoms with E-state index in [1.165, 1.54) is 13.8 Å². The van der Waals surface area contributed by atoms with Gasteiger partial charge >= 0.3 is 36.0 Å². The van der Waals surface area contributed by atoms with Crippen molar-refractivity contribution in [3.63, 3.8) is 0 Å². The van der Waals surface area contributed by atoms with E-state index in [0.717, 1.165) is 6.08 Å². The summed E-state index contributed by atoms with van der Waals surface area (Å²) in [5.41, 5.74) is -0.192. The van der Waals surface area contributed by atoms with Gasteiger partial charge in [0.05, 0.1) is 0 Å². The maximum Gasteiger partial charge on any atom is 0.384 e. The van der Waals surface area contributed by atoms with E-state index in [1.54, 1.807) is 0 Å². The molecule has 1 saturated heterocycles. The molecule has 1 aliphatic rings. The van der Waals surface area contributed by atoms with Crippen molar-refractivity contribution in [2.24, 2.45) is 0 Å². The second-order valence-electron chi connectivity index (χ2n) is 5.91. The van der Waals surface area contributed by atoms with Crippen LogP contribution in [0.5, 0.6) is 0 Å². The third-order valence-electron chi connectivity index (χ3n) is 4.20. The summed E-state index contributed by atoms with van der Waals surface area (Å²) in [6.07, 6.45) is -4.52. The van der Waals surface area contributed by atoms with E-state index < -0.39 is 54.5 Å². The van der Waals surface area contributed by atoms with E-state index in [1.807, 2.05) is 0 Å². The van der Waals surface area contributed by atoms with Crippen LogP contribution in [0, 0.1) is 0 Å². The zero-order valence-corrected chi connectivity index (χ0v) is 14.0. The normalized spacial score (nSPS) is 20.0. The number of amides is 1. The first kappa shape index (κ1) is 24.4. The number of nitrogens with zero attached hydrogens (tertiary/aromatic N) is 1. The topological polar surface area (TPSA) is 20.1 Å². The summed E-state index contributed by atoms with van der Waals surface area (Å²) in [5, 5.41) is 0. The molecule has 2 nitrogen and oxygen atoms in total. The van der Waals surface area contributed by atoms with Gasteiger partial charge in [0.25, 0.3) is 0 Å². The third kappa shape index (κ3) is 3.21. The molecule has 1 rings (SSSR count). The number of carbonyl (C=O) groups excluding carboxylic acids is 1. The van der Waals surface area contributed by atoms with Crippen LogP contribution >= 0.6 is 0 Å². The smallest absolute Gasteiger partial charge is 0.326 e. The van der Waals surface area contributed by atoms with Gasteiger partial charge in [-0.2, -0.15) is 43.9 Å². The predicted molar refractivity (Wildman–Crippen MR) is 70.3 cm³/mol. The molecule has 1 heterocycles. The highest BCUT2D eigenvalue weighted by Gasteiger charge is 2.89. The number of carbonyl (C=O) groups is 1. The minimum absolute atomic E-state index is 0.0494. The van der Waals surface area contributed by atoms with Gasteiger partial charge in [0, 0.05) is 12.1 Å². The molecule has 1 aliphatic heterocycles. The molecule has 0 aromatic carbocycles. The summed E-state index contributed by atoms with van der Waals surface area (Å²) >= 11 is 0. The second kappa shape index (κ2) is 7.01. The molecule has 1 unspecified atom stereocenters. The lowest BCUT2D eigenvalue weighted by molar-refractivity contribution is -0.413. The molecule has 28 heavy (non-hydrogen) atoms. The molecule has 1 fully saturated rings. The van der Waals surface area contributed by atoms with Gasteiger partial charge in [-0.15, -0.1) is 0 Å². The van der Waals surface area contributed by atoms with Crippen LogP contribution in [-0.2, 0) is 4.79 Å². The molecule has 0 radical (unpaired) electrons. The maximum absolute atomic E-state index is 13.9. The average Bonchev–Trinajstić information content (AvgIpc) is 3.36. The van der Waals surface area contributed by atoms with Crippen molar-refractivity contribution < 1.29 is 57.5 Å². The van der Waals surface area contributed by atoms with Crippen molar-refractivity contribution in [1.82, 2.24) is 4.90 Å². The van der Waals surface area contributed by atoms with E-state index in [-0.39, 0.29) is 16.9 Å². The van der Waals surface area contributed by atoms with E-state index in [4.69, 9.17) is 0 Å². The Bertz CT molecular complexity index is 642. The molecule has 0 N–H and O–H groups in total. The first-order chi connectivity index (χ1) is 12.4. The Hall–Kier alpha value is -1.63. The average molecular weight is 439 g/mol. The van der Waals surface area contributed by atoms with Crippen molar-refractivity contribution in [3.8, 4) is 0 Å². The number of hydrogen-bond donors (Lipinski definition) is 0. The summed E-state index contributed by atoms with van der Waals surface area (Å²) in [5.74, 6) is -36.7. The van der Waals surface area contributed by atoms with Gasteiger partial charge < -0.3 is 4.90 Å². The van der Waals surface area contributed by atoms with Crippen LogP contribution in [0.4, 0.5) is 52.7 Å². The van der Waals surface area contributed by atoms with Crippen molar-refractivity contribution in [2.45, 2.75) is 62.3 Å². The minimum Gasteiger partial charge on any atom is -0.326 e. The standard InChI is InChI=1S/C14H13F12NO/c1-3-6(4-2)8(28)27-5-7(27)10(17,18)12(21,22)14(25,26)13(23,24)11(19,20)9(15)16/h3,7,9H,4-5H2,1-2H3/b6-3-. The zero-order valence-electron chi connectivity index (χ0n) is 14.0. The van der Waals surface area contributed by atoms with Crippen LogP contribution in [0.15, 0.2) is 11.6 Å². The molecule has 0 aromatic heterocycles. The Morgan fingerprint density at radius 1 is 0.964 bits per heavy atom. The number of halogens is 12. The molecule has 14 heteroatoms. The third-order valence-corrected chi connectivity index (χ3v) is 4.20. The Labute approximate surface area is 150 Å². The highest BCUT2D eigenvalue weighted by atomic mass is 19.4. The SMILES string of the molecule is C/C=C(/CC)C(=O)N1CC1C(F)(F)C(F)(F)C(F)(F)C(F)(F)C(F)(F)C(F)F. The van der Waals surface area contributed by atoms with Gasteiger partial charge in [0.1, 0.15) is 6.04 Å². The molecule has 0 aromatic rings. The molecule has 1 amide bonds. The largest absolute Gasteiger partial charge is 0.384 e. The van der Waals surface area contributed by atoms with Gasteiger partial charge in [0.15, 0.2) is 0 Å². The number of alkyl halides is 12. The Kier molecular flexibility index (Phi) is 6.11. The molecule has 0 aliphatic carbocycles. The molecular formula is C14H13F12NO. The summed E-state index contributed by atoms with van der Waals surface area (Å²) in [6.45, 7) is 1.37. The van der Waals surface area contributed by atoms with E-state index in [9.17, 15) is 57.5 Å². The van der Waals surface area contributed by atoms with E-state index in [2.05, 4.69) is 0 Å². The van der Waals surface area contributed by atoms with E-state index >= 15 is 0 Å². The van der Waals surface area contributed by atoms with Crippen molar-refractivity contribution in [2.75, 3.05) is 6.54 Å². The molecule has 1 atom stereocenters. The Morgan fingerprint density at radius 3 is 1.79 bits per heavy atom. The maximum atomic E-state index is 13.9. The van der Waals surface area contributed by atoms with Crippen LogP contribution in [0.1, 0.15) is 20.3 Å². The summed E-state index contributed by atoms with van der Waals surface area (Å²) in [4.78, 5) is 11.7. The first-order valence-corrected chi connectivity index (χ1v) is 7.49. The molecule has 0 spiro atoms. The number of hydrogen-bond acceptors (Lipinski definition) is 1. The fourth-order valence-electron chi connectivity index (χ4n) is 2.30. The molecule has 164 valence electrons. The zero-order chi connectivity index (χ0) is 22.5. The Balaban J connectivity index is 3.28. The molecular weight excluding hydrogens is 426 g/mol. The summed E-state index contributed by atoms with van der Waals surface area (Å²) < 4.78 is 158. The molecule has 0 saturated carbocycles. The van der Waals surface area contributed by atoms with Gasteiger partial charge in [-0.1, -0.05) is 13.0 Å². The van der Waals surface area contributed by atoms with Gasteiger partial charge in [-0.05, 0) is 13.3 Å². The van der Waals surface area contributed by atoms with Crippen molar-refractivity contribution in [3.05, 3.63) is 11.6 Å².